The number of rotatable bonds is 7. The predicted molar refractivity (Wildman–Crippen MR) is 114 cm³/mol. The molecule has 0 aliphatic carbocycles. The van der Waals surface area contributed by atoms with Gasteiger partial charge in [-0.2, -0.15) is 0 Å². The van der Waals surface area contributed by atoms with Crippen LogP contribution in [0.2, 0.25) is 0 Å². The van der Waals surface area contributed by atoms with Crippen LogP contribution < -0.4 is 10.6 Å². The van der Waals surface area contributed by atoms with Gasteiger partial charge in [-0.15, -0.1) is 0 Å². The fourth-order valence-corrected chi connectivity index (χ4v) is 3.64. The van der Waals surface area contributed by atoms with E-state index in [0.29, 0.717) is 25.4 Å². The maximum Gasteiger partial charge on any atom is 0.222 e. The lowest BCUT2D eigenvalue weighted by Gasteiger charge is -2.21. The predicted octanol–water partition coefficient (Wildman–Crippen LogP) is 2.83. The summed E-state index contributed by atoms with van der Waals surface area (Å²) in [5, 5.41) is 6.30. The molecule has 1 heterocycles. The van der Waals surface area contributed by atoms with Crippen molar-refractivity contribution in [3.8, 4) is 0 Å². The van der Waals surface area contributed by atoms with Crippen LogP contribution in [0.1, 0.15) is 24.0 Å². The molecule has 1 aliphatic heterocycles. The number of nitrogens with zero attached hydrogens (tertiary/aromatic N) is 2. The summed E-state index contributed by atoms with van der Waals surface area (Å²) in [6.45, 7) is 3.18. The molecule has 2 aromatic rings. The zero-order chi connectivity index (χ0) is 19.6. The van der Waals surface area contributed by atoms with Crippen LogP contribution in [0.3, 0.4) is 0 Å². The summed E-state index contributed by atoms with van der Waals surface area (Å²) >= 11 is 0. The molecule has 1 unspecified atom stereocenters. The van der Waals surface area contributed by atoms with Crippen LogP contribution in [-0.2, 0) is 17.8 Å². The number of guanidine groups is 1. The van der Waals surface area contributed by atoms with E-state index in [1.807, 2.05) is 37.4 Å². The van der Waals surface area contributed by atoms with Crippen LogP contribution in [-0.4, -0.2) is 43.4 Å². The third-order valence-electron chi connectivity index (χ3n) is 5.13. The summed E-state index contributed by atoms with van der Waals surface area (Å²) in [5.74, 6) is 1.59. The first kappa shape index (κ1) is 19.9. The molecule has 148 valence electrons. The Labute approximate surface area is 167 Å². The monoisotopic (exact) mass is 378 g/mol. The number of nitrogens with one attached hydrogen (secondary N) is 2. The van der Waals surface area contributed by atoms with Gasteiger partial charge in [-0.1, -0.05) is 60.7 Å². The molecular weight excluding hydrogens is 348 g/mol. The molecule has 1 aliphatic rings. The molecule has 0 bridgehead atoms. The fraction of sp³-hybridized carbons (Fsp3) is 0.391. The zero-order valence-corrected chi connectivity index (χ0v) is 16.6. The molecule has 5 heteroatoms. The van der Waals surface area contributed by atoms with E-state index in [4.69, 9.17) is 0 Å². The van der Waals surface area contributed by atoms with Crippen LogP contribution in [0.25, 0.3) is 0 Å². The van der Waals surface area contributed by atoms with Crippen molar-refractivity contribution in [2.75, 3.05) is 26.7 Å². The molecule has 28 heavy (non-hydrogen) atoms. The Morgan fingerprint density at radius 1 is 1.04 bits per heavy atom. The molecular formula is C23H30N4O. The standard InChI is InChI=1S/C23H30N4O/c1-24-23(25-14-12-22(28)26-17-20-10-6-3-7-11-20)27-15-13-21(18-27)16-19-8-4-2-5-9-19/h2-11,21H,12-18H2,1H3,(H,24,25)(H,26,28). The fourth-order valence-electron chi connectivity index (χ4n) is 3.64. The van der Waals surface area contributed by atoms with Crippen LogP contribution in [0.15, 0.2) is 65.7 Å². The van der Waals surface area contributed by atoms with Gasteiger partial charge in [0.2, 0.25) is 5.91 Å². The first-order chi connectivity index (χ1) is 13.7. The molecule has 0 aromatic heterocycles. The molecule has 2 N–H and O–H groups in total. The number of likely N-dealkylation sites (tertiary alicyclic amines) is 1. The van der Waals surface area contributed by atoms with Gasteiger partial charge in [-0.3, -0.25) is 9.79 Å². The Hall–Kier alpha value is -2.82. The largest absolute Gasteiger partial charge is 0.356 e. The van der Waals surface area contributed by atoms with Gasteiger partial charge in [0.1, 0.15) is 0 Å². The summed E-state index contributed by atoms with van der Waals surface area (Å²) in [4.78, 5) is 18.8. The van der Waals surface area contributed by atoms with Crippen molar-refractivity contribution in [1.29, 1.82) is 0 Å². The van der Waals surface area contributed by atoms with Crippen LogP contribution in [0.5, 0.6) is 0 Å². The lowest BCUT2D eigenvalue weighted by molar-refractivity contribution is -0.121. The van der Waals surface area contributed by atoms with Gasteiger partial charge in [-0.25, -0.2) is 0 Å². The molecule has 0 radical (unpaired) electrons. The van der Waals surface area contributed by atoms with Gasteiger partial charge < -0.3 is 15.5 Å². The number of carbonyl (C=O) groups is 1. The first-order valence-corrected chi connectivity index (χ1v) is 10.0. The molecule has 5 nitrogen and oxygen atoms in total. The van der Waals surface area contributed by atoms with Crippen LogP contribution in [0.4, 0.5) is 0 Å². The van der Waals surface area contributed by atoms with Gasteiger partial charge >= 0.3 is 0 Å². The Balaban J connectivity index is 1.37. The number of hydrogen-bond donors (Lipinski definition) is 2. The van der Waals surface area contributed by atoms with E-state index in [1.165, 1.54) is 12.0 Å². The van der Waals surface area contributed by atoms with E-state index in [9.17, 15) is 4.79 Å². The summed E-state index contributed by atoms with van der Waals surface area (Å²) < 4.78 is 0. The van der Waals surface area contributed by atoms with E-state index in [2.05, 4.69) is 50.9 Å². The van der Waals surface area contributed by atoms with Crippen molar-refractivity contribution >= 4 is 11.9 Å². The van der Waals surface area contributed by atoms with Crippen molar-refractivity contribution in [2.45, 2.75) is 25.8 Å². The maximum absolute atomic E-state index is 12.1. The second-order valence-electron chi connectivity index (χ2n) is 7.28. The Morgan fingerprint density at radius 3 is 2.39 bits per heavy atom. The van der Waals surface area contributed by atoms with E-state index in [-0.39, 0.29) is 5.91 Å². The summed E-state index contributed by atoms with van der Waals surface area (Å²) in [5.41, 5.74) is 2.51. The lowest BCUT2D eigenvalue weighted by Crippen LogP contribution is -2.41. The Morgan fingerprint density at radius 2 is 1.71 bits per heavy atom. The van der Waals surface area contributed by atoms with Gasteiger partial charge in [0.05, 0.1) is 0 Å². The minimum atomic E-state index is 0.0511. The lowest BCUT2D eigenvalue weighted by atomic mass is 9.99. The SMILES string of the molecule is CN=C(NCCC(=O)NCc1ccccc1)N1CCC(Cc2ccccc2)C1. The average molecular weight is 379 g/mol. The maximum atomic E-state index is 12.1. The molecule has 0 saturated carbocycles. The highest BCUT2D eigenvalue weighted by Gasteiger charge is 2.24. The average Bonchev–Trinajstić information content (AvgIpc) is 3.19. The van der Waals surface area contributed by atoms with Crippen molar-refractivity contribution in [3.63, 3.8) is 0 Å². The number of amides is 1. The highest BCUT2D eigenvalue weighted by atomic mass is 16.1. The van der Waals surface area contributed by atoms with Gasteiger partial charge in [0.25, 0.3) is 0 Å². The third kappa shape index (κ3) is 6.12. The molecule has 0 spiro atoms. The van der Waals surface area contributed by atoms with Crippen molar-refractivity contribution in [1.82, 2.24) is 15.5 Å². The van der Waals surface area contributed by atoms with Gasteiger partial charge in [-0.05, 0) is 29.9 Å². The smallest absolute Gasteiger partial charge is 0.222 e. The highest BCUT2D eigenvalue weighted by Crippen LogP contribution is 2.20. The molecule has 3 rings (SSSR count). The Kier molecular flexibility index (Phi) is 7.47. The van der Waals surface area contributed by atoms with Crippen molar-refractivity contribution in [3.05, 3.63) is 71.8 Å². The minimum absolute atomic E-state index is 0.0511. The molecule has 2 aromatic carbocycles. The number of hydrogen-bond acceptors (Lipinski definition) is 2. The van der Waals surface area contributed by atoms with E-state index in [0.717, 1.165) is 31.0 Å². The Bertz CT molecular complexity index is 761. The van der Waals surface area contributed by atoms with Crippen molar-refractivity contribution in [2.24, 2.45) is 10.9 Å². The molecule has 1 fully saturated rings. The minimum Gasteiger partial charge on any atom is -0.356 e. The second-order valence-corrected chi connectivity index (χ2v) is 7.28. The van der Waals surface area contributed by atoms with Crippen LogP contribution >= 0.6 is 0 Å². The topological polar surface area (TPSA) is 56.7 Å². The summed E-state index contributed by atoms with van der Waals surface area (Å²) in [6, 6.07) is 20.6. The van der Waals surface area contributed by atoms with E-state index in [1.54, 1.807) is 0 Å². The number of aliphatic imine (C=N–C) groups is 1. The van der Waals surface area contributed by atoms with E-state index >= 15 is 0 Å². The normalized spacial score (nSPS) is 16.8. The summed E-state index contributed by atoms with van der Waals surface area (Å²) in [6.07, 6.45) is 2.72. The van der Waals surface area contributed by atoms with E-state index < -0.39 is 0 Å². The third-order valence-corrected chi connectivity index (χ3v) is 5.13. The second kappa shape index (κ2) is 10.5. The molecule has 1 saturated heterocycles. The van der Waals surface area contributed by atoms with Crippen LogP contribution in [0, 0.1) is 5.92 Å². The zero-order valence-electron chi connectivity index (χ0n) is 16.6. The quantitative estimate of drug-likeness (QED) is 0.575. The summed E-state index contributed by atoms with van der Waals surface area (Å²) in [7, 11) is 1.81. The van der Waals surface area contributed by atoms with Crippen molar-refractivity contribution < 1.29 is 4.79 Å². The number of benzene rings is 2. The number of carbonyl (C=O) groups excluding carboxylic acids is 1. The van der Waals surface area contributed by atoms with Gasteiger partial charge in [0.15, 0.2) is 5.96 Å². The van der Waals surface area contributed by atoms with Gasteiger partial charge in [0, 0.05) is 39.6 Å². The first-order valence-electron chi connectivity index (χ1n) is 10.0. The highest BCUT2D eigenvalue weighted by molar-refractivity contribution is 5.81. The molecule has 1 atom stereocenters. The molecule has 1 amide bonds.